The summed E-state index contributed by atoms with van der Waals surface area (Å²) in [5.74, 6) is 0. The van der Waals surface area contributed by atoms with Gasteiger partial charge in [-0.2, -0.15) is 0 Å². The van der Waals surface area contributed by atoms with E-state index in [4.69, 9.17) is 0 Å². The molecule has 0 saturated carbocycles. The van der Waals surface area contributed by atoms with E-state index in [1.54, 1.807) is 11.3 Å². The maximum Gasteiger partial charge on any atom is 0.108 e. The molecule has 1 aliphatic rings. The second kappa shape index (κ2) is 4.35. The first-order valence-electron chi connectivity index (χ1n) is 4.32. The fourth-order valence-corrected chi connectivity index (χ4v) is 2.73. The Morgan fingerprint density at radius 2 is 2.46 bits per heavy atom. The Bertz CT molecular complexity index is 308. The van der Waals surface area contributed by atoms with Gasteiger partial charge in [0, 0.05) is 13.1 Å². The maximum atomic E-state index is 4.32. The molecule has 0 aromatic carbocycles. The summed E-state index contributed by atoms with van der Waals surface area (Å²) in [4.78, 5) is 6.72. The zero-order valence-corrected chi connectivity index (χ0v) is 9.64. The van der Waals surface area contributed by atoms with Gasteiger partial charge in [-0.25, -0.2) is 4.98 Å². The van der Waals surface area contributed by atoms with Crippen molar-refractivity contribution in [3.8, 4) is 0 Å². The second-order valence-corrected chi connectivity index (χ2v) is 5.55. The molecule has 0 fully saturated rings. The van der Waals surface area contributed by atoms with Crippen LogP contribution in [0, 0.1) is 0 Å². The zero-order valence-electron chi connectivity index (χ0n) is 7.24. The molecule has 0 saturated heterocycles. The fraction of sp³-hybridized carbons (Fsp3) is 0.444. The average molecular weight is 259 g/mol. The molecule has 0 radical (unpaired) electrons. The van der Waals surface area contributed by atoms with E-state index in [-0.39, 0.29) is 0 Å². The summed E-state index contributed by atoms with van der Waals surface area (Å²) in [5, 5.41) is 1.20. The van der Waals surface area contributed by atoms with E-state index >= 15 is 0 Å². The Labute approximate surface area is 90.4 Å². The van der Waals surface area contributed by atoms with Gasteiger partial charge < -0.3 is 0 Å². The lowest BCUT2D eigenvalue weighted by Gasteiger charge is -2.21. The van der Waals surface area contributed by atoms with Gasteiger partial charge in [-0.15, -0.1) is 11.3 Å². The van der Waals surface area contributed by atoms with Gasteiger partial charge in [-0.3, -0.25) is 4.90 Å². The molecule has 0 spiro atoms. The predicted molar refractivity (Wildman–Crippen MR) is 58.8 cm³/mol. The van der Waals surface area contributed by atoms with Crippen molar-refractivity contribution in [1.82, 2.24) is 9.88 Å². The molecule has 13 heavy (non-hydrogen) atoms. The molecule has 4 heteroatoms. The van der Waals surface area contributed by atoms with Crippen LogP contribution in [0.25, 0.3) is 0 Å². The van der Waals surface area contributed by atoms with E-state index in [0.717, 1.165) is 23.4 Å². The highest BCUT2D eigenvalue weighted by Crippen LogP contribution is 2.20. The molecule has 2 rings (SSSR count). The average Bonchev–Trinajstić information content (AvgIpc) is 2.53. The van der Waals surface area contributed by atoms with Crippen LogP contribution in [0.1, 0.15) is 11.4 Å². The van der Waals surface area contributed by atoms with Crippen molar-refractivity contribution < 1.29 is 0 Å². The number of hydrogen-bond acceptors (Lipinski definition) is 3. The fourth-order valence-electron chi connectivity index (χ4n) is 1.39. The Balaban J connectivity index is 1.94. The van der Waals surface area contributed by atoms with Gasteiger partial charge in [0.25, 0.3) is 0 Å². The highest BCUT2D eigenvalue weighted by atomic mass is 79.9. The number of hydrogen-bond donors (Lipinski definition) is 0. The molecule has 0 N–H and O–H groups in total. The molecular formula is C9H11BrN2S. The Morgan fingerprint density at radius 1 is 1.54 bits per heavy atom. The molecule has 0 atom stereocenters. The van der Waals surface area contributed by atoms with Crippen LogP contribution in [0.4, 0.5) is 0 Å². The van der Waals surface area contributed by atoms with Gasteiger partial charge in [-0.1, -0.05) is 12.2 Å². The van der Waals surface area contributed by atoms with Crippen LogP contribution in [0.5, 0.6) is 0 Å². The quantitative estimate of drug-likeness (QED) is 0.759. The van der Waals surface area contributed by atoms with Crippen LogP contribution in [0.2, 0.25) is 0 Å². The van der Waals surface area contributed by atoms with E-state index in [9.17, 15) is 0 Å². The second-order valence-electron chi connectivity index (χ2n) is 3.05. The van der Waals surface area contributed by atoms with E-state index in [0.29, 0.717) is 0 Å². The summed E-state index contributed by atoms with van der Waals surface area (Å²) in [5.41, 5.74) is 0. The third-order valence-corrected chi connectivity index (χ3v) is 3.49. The van der Waals surface area contributed by atoms with Gasteiger partial charge in [0.2, 0.25) is 0 Å². The van der Waals surface area contributed by atoms with Crippen LogP contribution >= 0.6 is 27.3 Å². The number of thiazole rings is 1. The van der Waals surface area contributed by atoms with Crippen LogP contribution in [0.3, 0.4) is 0 Å². The van der Waals surface area contributed by atoms with Crippen molar-refractivity contribution >= 4 is 27.3 Å². The Hall–Kier alpha value is -0.190. The first-order chi connectivity index (χ1) is 6.34. The molecule has 0 bridgehead atoms. The first kappa shape index (κ1) is 9.37. The van der Waals surface area contributed by atoms with E-state index in [1.165, 1.54) is 11.4 Å². The molecule has 2 heterocycles. The van der Waals surface area contributed by atoms with Gasteiger partial charge in [0.1, 0.15) is 5.01 Å². The number of rotatable bonds is 2. The van der Waals surface area contributed by atoms with Gasteiger partial charge in [0.15, 0.2) is 0 Å². The monoisotopic (exact) mass is 258 g/mol. The molecule has 1 aromatic rings. The van der Waals surface area contributed by atoms with Crippen LogP contribution in [-0.2, 0) is 6.54 Å². The first-order valence-corrected chi connectivity index (χ1v) is 5.93. The molecule has 2 nitrogen and oxygen atoms in total. The zero-order chi connectivity index (χ0) is 9.10. The van der Waals surface area contributed by atoms with E-state index in [2.05, 4.69) is 38.0 Å². The van der Waals surface area contributed by atoms with Gasteiger partial charge >= 0.3 is 0 Å². The smallest absolute Gasteiger partial charge is 0.108 e. The molecular weight excluding hydrogens is 248 g/mol. The third-order valence-electron chi connectivity index (χ3n) is 2.03. The SMILES string of the molecule is Brc1cnc(CN2CC=CCC2)s1. The summed E-state index contributed by atoms with van der Waals surface area (Å²) in [6.07, 6.45) is 7.52. The standard InChI is InChI=1S/C9H11BrN2S/c10-8-6-11-9(13-8)7-12-4-2-1-3-5-12/h1-2,6H,3-5,7H2. The van der Waals surface area contributed by atoms with Crippen molar-refractivity contribution in [3.05, 3.63) is 27.1 Å². The maximum absolute atomic E-state index is 4.32. The minimum atomic E-state index is 0.987. The minimum Gasteiger partial charge on any atom is -0.293 e. The van der Waals surface area contributed by atoms with Crippen LogP contribution in [-0.4, -0.2) is 23.0 Å². The summed E-state index contributed by atoms with van der Waals surface area (Å²) < 4.78 is 1.12. The lowest BCUT2D eigenvalue weighted by atomic mass is 10.2. The van der Waals surface area contributed by atoms with Crippen molar-refractivity contribution in [1.29, 1.82) is 0 Å². The highest BCUT2D eigenvalue weighted by Gasteiger charge is 2.08. The lowest BCUT2D eigenvalue weighted by Crippen LogP contribution is -2.26. The Kier molecular flexibility index (Phi) is 3.14. The van der Waals surface area contributed by atoms with Crippen molar-refractivity contribution in [2.24, 2.45) is 0 Å². The summed E-state index contributed by atoms with van der Waals surface area (Å²) in [6, 6.07) is 0. The molecule has 70 valence electrons. The predicted octanol–water partition coefficient (Wildman–Crippen LogP) is 2.67. The van der Waals surface area contributed by atoms with Gasteiger partial charge in [-0.05, 0) is 22.4 Å². The minimum absolute atomic E-state index is 0.987. The van der Waals surface area contributed by atoms with Crippen molar-refractivity contribution in [3.63, 3.8) is 0 Å². The van der Waals surface area contributed by atoms with Crippen molar-refractivity contribution in [2.75, 3.05) is 13.1 Å². The van der Waals surface area contributed by atoms with E-state index < -0.39 is 0 Å². The molecule has 0 amide bonds. The summed E-state index contributed by atoms with van der Waals surface area (Å²) in [7, 11) is 0. The lowest BCUT2D eigenvalue weighted by molar-refractivity contribution is 0.290. The summed E-state index contributed by atoms with van der Waals surface area (Å²) in [6.45, 7) is 3.21. The molecule has 0 unspecified atom stereocenters. The number of nitrogens with zero attached hydrogens (tertiary/aromatic N) is 2. The normalized spacial score (nSPS) is 17.9. The highest BCUT2D eigenvalue weighted by molar-refractivity contribution is 9.11. The number of aromatic nitrogens is 1. The topological polar surface area (TPSA) is 16.1 Å². The van der Waals surface area contributed by atoms with E-state index in [1.807, 2.05) is 6.20 Å². The van der Waals surface area contributed by atoms with Crippen molar-refractivity contribution in [2.45, 2.75) is 13.0 Å². The number of halogens is 1. The Morgan fingerprint density at radius 3 is 3.08 bits per heavy atom. The molecule has 1 aliphatic heterocycles. The van der Waals surface area contributed by atoms with Crippen LogP contribution in [0.15, 0.2) is 22.1 Å². The molecule has 0 aliphatic carbocycles. The third kappa shape index (κ3) is 2.62. The largest absolute Gasteiger partial charge is 0.293 e. The van der Waals surface area contributed by atoms with Crippen LogP contribution < -0.4 is 0 Å². The molecule has 1 aromatic heterocycles. The van der Waals surface area contributed by atoms with Gasteiger partial charge in [0.05, 0.1) is 16.5 Å². The summed E-state index contributed by atoms with van der Waals surface area (Å²) >= 11 is 5.14.